The fourth-order valence-corrected chi connectivity index (χ4v) is 1.66. The number of hydrogen-bond donors (Lipinski definition) is 0. The molecule has 0 N–H and O–H groups in total. The summed E-state index contributed by atoms with van der Waals surface area (Å²) < 4.78 is 21.1. The average molecular weight is 296 g/mol. The third-order valence-corrected chi connectivity index (χ3v) is 2.77. The Morgan fingerprint density at radius 2 is 1.52 bits per heavy atom. The van der Waals surface area contributed by atoms with Crippen LogP contribution in [0.2, 0.25) is 0 Å². The van der Waals surface area contributed by atoms with Gasteiger partial charge in [0.05, 0.1) is 33.0 Å². The van der Waals surface area contributed by atoms with E-state index in [1.165, 1.54) is 0 Å². The van der Waals surface area contributed by atoms with Crippen LogP contribution in [0, 0.1) is 0 Å². The summed E-state index contributed by atoms with van der Waals surface area (Å²) in [6.07, 6.45) is 2.26. The Balaban J connectivity index is 2.01. The van der Waals surface area contributed by atoms with Crippen LogP contribution in [0.25, 0.3) is 0 Å². The first kappa shape index (κ1) is 17.6. The van der Waals surface area contributed by atoms with Crippen LogP contribution in [0.3, 0.4) is 0 Å². The highest BCUT2D eigenvalue weighted by atomic mass is 16.6. The summed E-state index contributed by atoms with van der Waals surface area (Å²) >= 11 is 0. The molecule has 0 aromatic heterocycles. The van der Waals surface area contributed by atoms with Crippen LogP contribution >= 0.6 is 0 Å². The quantitative estimate of drug-likeness (QED) is 0.411. The number of rotatable bonds is 13. The van der Waals surface area contributed by atoms with E-state index in [9.17, 15) is 4.79 Å². The third kappa shape index (κ3) is 9.18. The Morgan fingerprint density at radius 1 is 0.905 bits per heavy atom. The van der Waals surface area contributed by atoms with Gasteiger partial charge >= 0.3 is 0 Å². The molecule has 21 heavy (non-hydrogen) atoms. The van der Waals surface area contributed by atoms with Gasteiger partial charge in [0.15, 0.2) is 0 Å². The van der Waals surface area contributed by atoms with Gasteiger partial charge in [-0.1, -0.05) is 12.1 Å². The average Bonchev–Trinajstić information content (AvgIpc) is 2.52. The van der Waals surface area contributed by atoms with E-state index in [-0.39, 0.29) is 0 Å². The number of carbonyl (C=O) groups is 1. The van der Waals surface area contributed by atoms with Crippen LogP contribution in [-0.2, 0) is 25.4 Å². The zero-order valence-corrected chi connectivity index (χ0v) is 12.6. The summed E-state index contributed by atoms with van der Waals surface area (Å²) in [5.74, 6) is 0.810. The fraction of sp³-hybridized carbons (Fsp3) is 0.562. The molecule has 0 bridgehead atoms. The SMILES string of the molecule is COCCOCCOCCOc1ccc(CCC=O)cc1. The normalized spacial score (nSPS) is 10.5. The molecule has 0 radical (unpaired) electrons. The minimum Gasteiger partial charge on any atom is -0.491 e. The molecule has 1 aromatic rings. The summed E-state index contributed by atoms with van der Waals surface area (Å²) in [5.41, 5.74) is 1.14. The van der Waals surface area contributed by atoms with Gasteiger partial charge in [-0.25, -0.2) is 0 Å². The Hall–Kier alpha value is -1.43. The van der Waals surface area contributed by atoms with Crippen molar-refractivity contribution < 1.29 is 23.7 Å². The van der Waals surface area contributed by atoms with Crippen molar-refractivity contribution >= 4 is 6.29 Å². The van der Waals surface area contributed by atoms with Crippen molar-refractivity contribution in [2.24, 2.45) is 0 Å². The van der Waals surface area contributed by atoms with Gasteiger partial charge in [-0.05, 0) is 24.1 Å². The number of benzene rings is 1. The third-order valence-electron chi connectivity index (χ3n) is 2.77. The molecule has 0 spiro atoms. The van der Waals surface area contributed by atoms with Gasteiger partial charge in [0.25, 0.3) is 0 Å². The first-order valence-electron chi connectivity index (χ1n) is 7.16. The standard InChI is InChI=1S/C16H24O5/c1-18-9-10-19-11-12-20-13-14-21-16-6-4-15(5-7-16)3-2-8-17/h4-8H,2-3,9-14H2,1H3. The van der Waals surface area contributed by atoms with Crippen molar-refractivity contribution in [1.29, 1.82) is 0 Å². The molecule has 118 valence electrons. The predicted molar refractivity (Wildman–Crippen MR) is 79.8 cm³/mol. The van der Waals surface area contributed by atoms with Crippen molar-refractivity contribution in [3.63, 3.8) is 0 Å². The molecular formula is C16H24O5. The molecule has 1 rings (SSSR count). The molecule has 0 amide bonds. The molecule has 0 fully saturated rings. The van der Waals surface area contributed by atoms with E-state index >= 15 is 0 Å². The van der Waals surface area contributed by atoms with Gasteiger partial charge < -0.3 is 23.7 Å². The van der Waals surface area contributed by atoms with E-state index in [0.717, 1.165) is 24.0 Å². The van der Waals surface area contributed by atoms with Gasteiger partial charge in [0.2, 0.25) is 0 Å². The van der Waals surface area contributed by atoms with Crippen LogP contribution < -0.4 is 4.74 Å². The maximum absolute atomic E-state index is 10.3. The predicted octanol–water partition coefficient (Wildman–Crippen LogP) is 1.88. The molecule has 0 unspecified atom stereocenters. The Labute approximate surface area is 126 Å². The Bertz CT molecular complexity index is 363. The lowest BCUT2D eigenvalue weighted by molar-refractivity contribution is -0.107. The lowest BCUT2D eigenvalue weighted by Crippen LogP contribution is -2.12. The first-order valence-corrected chi connectivity index (χ1v) is 7.16. The molecule has 5 nitrogen and oxygen atoms in total. The summed E-state index contributed by atoms with van der Waals surface area (Å²) in [4.78, 5) is 10.3. The van der Waals surface area contributed by atoms with Crippen molar-refractivity contribution in [2.45, 2.75) is 12.8 Å². The van der Waals surface area contributed by atoms with Crippen LogP contribution in [0.15, 0.2) is 24.3 Å². The summed E-state index contributed by atoms with van der Waals surface area (Å²) in [6.45, 7) is 3.34. The van der Waals surface area contributed by atoms with E-state index in [0.29, 0.717) is 46.1 Å². The second-order valence-electron chi connectivity index (χ2n) is 4.42. The molecule has 0 saturated heterocycles. The van der Waals surface area contributed by atoms with Crippen LogP contribution in [0.4, 0.5) is 0 Å². The number of methoxy groups -OCH3 is 1. The molecule has 5 heteroatoms. The lowest BCUT2D eigenvalue weighted by Gasteiger charge is -2.08. The number of aldehydes is 1. The highest BCUT2D eigenvalue weighted by Gasteiger charge is 1.96. The van der Waals surface area contributed by atoms with Crippen molar-refractivity contribution in [2.75, 3.05) is 46.8 Å². The van der Waals surface area contributed by atoms with Crippen molar-refractivity contribution in [3.8, 4) is 5.75 Å². The van der Waals surface area contributed by atoms with E-state index in [1.54, 1.807) is 7.11 Å². The minimum atomic E-state index is 0.506. The smallest absolute Gasteiger partial charge is 0.120 e. The number of hydrogen-bond acceptors (Lipinski definition) is 5. The zero-order valence-electron chi connectivity index (χ0n) is 12.6. The Morgan fingerprint density at radius 3 is 2.14 bits per heavy atom. The molecule has 0 heterocycles. The molecule has 0 aliphatic carbocycles. The molecule has 0 atom stereocenters. The molecule has 0 aliphatic rings. The maximum atomic E-state index is 10.3. The van der Waals surface area contributed by atoms with Gasteiger partial charge in [0, 0.05) is 13.5 Å². The van der Waals surface area contributed by atoms with E-state index in [2.05, 4.69) is 0 Å². The van der Waals surface area contributed by atoms with Gasteiger partial charge in [-0.15, -0.1) is 0 Å². The van der Waals surface area contributed by atoms with E-state index in [1.807, 2.05) is 24.3 Å². The maximum Gasteiger partial charge on any atom is 0.120 e. The lowest BCUT2D eigenvalue weighted by atomic mass is 10.1. The molecule has 0 aliphatic heterocycles. The van der Waals surface area contributed by atoms with Crippen LogP contribution in [-0.4, -0.2) is 53.0 Å². The van der Waals surface area contributed by atoms with Crippen LogP contribution in [0.1, 0.15) is 12.0 Å². The fourth-order valence-electron chi connectivity index (χ4n) is 1.66. The monoisotopic (exact) mass is 296 g/mol. The van der Waals surface area contributed by atoms with E-state index in [4.69, 9.17) is 18.9 Å². The zero-order chi connectivity index (χ0) is 15.2. The first-order chi connectivity index (χ1) is 10.4. The van der Waals surface area contributed by atoms with E-state index < -0.39 is 0 Å². The largest absolute Gasteiger partial charge is 0.491 e. The number of carbonyl (C=O) groups excluding carboxylic acids is 1. The molecule has 0 saturated carbocycles. The Kier molecular flexibility index (Phi) is 10.3. The van der Waals surface area contributed by atoms with Gasteiger partial charge in [-0.2, -0.15) is 0 Å². The summed E-state index contributed by atoms with van der Waals surface area (Å²) in [7, 11) is 1.64. The van der Waals surface area contributed by atoms with Crippen molar-refractivity contribution in [1.82, 2.24) is 0 Å². The topological polar surface area (TPSA) is 54.0 Å². The highest BCUT2D eigenvalue weighted by molar-refractivity contribution is 5.50. The second kappa shape index (κ2) is 12.3. The summed E-state index contributed by atoms with van der Waals surface area (Å²) in [5, 5.41) is 0. The summed E-state index contributed by atoms with van der Waals surface area (Å²) in [6, 6.07) is 7.77. The van der Waals surface area contributed by atoms with Gasteiger partial charge in [0.1, 0.15) is 18.6 Å². The second-order valence-corrected chi connectivity index (χ2v) is 4.42. The molecule has 1 aromatic carbocycles. The number of aryl methyl sites for hydroxylation is 1. The van der Waals surface area contributed by atoms with Gasteiger partial charge in [-0.3, -0.25) is 0 Å². The molecular weight excluding hydrogens is 272 g/mol. The highest BCUT2D eigenvalue weighted by Crippen LogP contribution is 2.12. The van der Waals surface area contributed by atoms with Crippen molar-refractivity contribution in [3.05, 3.63) is 29.8 Å². The number of ether oxygens (including phenoxy) is 4. The minimum absolute atomic E-state index is 0.506. The van der Waals surface area contributed by atoms with Crippen LogP contribution in [0.5, 0.6) is 5.75 Å².